The van der Waals surface area contributed by atoms with Crippen LogP contribution in [-0.4, -0.2) is 9.55 Å². The lowest BCUT2D eigenvalue weighted by molar-refractivity contribution is 0.0652. The molecular weight excluding hydrogens is 262 g/mol. The molecule has 0 saturated heterocycles. The van der Waals surface area contributed by atoms with Crippen molar-refractivity contribution in [2.24, 2.45) is 0 Å². The van der Waals surface area contributed by atoms with Gasteiger partial charge in [-0.1, -0.05) is 41.4 Å². The number of hydrogen-bond acceptors (Lipinski definition) is 2. The molecule has 0 aliphatic rings. The molecule has 0 radical (unpaired) electrons. The molecule has 6 heteroatoms. The van der Waals surface area contributed by atoms with Gasteiger partial charge in [0, 0.05) is 5.56 Å². The minimum Gasteiger partial charge on any atom is -0.267 e. The van der Waals surface area contributed by atoms with Gasteiger partial charge in [0.15, 0.2) is 0 Å². The first-order valence-corrected chi connectivity index (χ1v) is 5.50. The third-order valence-corrected chi connectivity index (χ3v) is 2.82. The van der Waals surface area contributed by atoms with Gasteiger partial charge in [-0.2, -0.15) is 8.78 Å². The van der Waals surface area contributed by atoms with Gasteiger partial charge in [0.1, 0.15) is 11.3 Å². The Morgan fingerprint density at radius 1 is 1.28 bits per heavy atom. The fourth-order valence-electron chi connectivity index (χ4n) is 1.50. The van der Waals surface area contributed by atoms with Crippen LogP contribution in [0.15, 0.2) is 35.4 Å². The van der Waals surface area contributed by atoms with Crippen molar-refractivity contribution >= 4 is 11.6 Å². The van der Waals surface area contributed by atoms with Crippen molar-refractivity contribution in [2.45, 2.75) is 13.5 Å². The van der Waals surface area contributed by atoms with Gasteiger partial charge in [0.2, 0.25) is 0 Å². The second kappa shape index (κ2) is 4.86. The lowest BCUT2D eigenvalue weighted by Gasteiger charge is -2.07. The smallest absolute Gasteiger partial charge is 0.267 e. The quantitative estimate of drug-likeness (QED) is 0.839. The molecule has 0 aliphatic carbocycles. The Morgan fingerprint density at radius 3 is 2.44 bits per heavy atom. The average molecular weight is 271 g/mol. The zero-order valence-electron chi connectivity index (χ0n) is 9.40. The molecule has 0 bridgehead atoms. The maximum absolute atomic E-state index is 12.5. The van der Waals surface area contributed by atoms with Crippen molar-refractivity contribution in [3.63, 3.8) is 0 Å². The topological polar surface area (TPSA) is 34.9 Å². The summed E-state index contributed by atoms with van der Waals surface area (Å²) in [5, 5.41) is -0.304. The summed E-state index contributed by atoms with van der Waals surface area (Å²) >= 11 is 5.79. The Bertz CT molecular complexity index is 623. The summed E-state index contributed by atoms with van der Waals surface area (Å²) < 4.78 is 25.1. The van der Waals surface area contributed by atoms with Crippen LogP contribution in [0.1, 0.15) is 12.1 Å². The lowest BCUT2D eigenvalue weighted by atomic mass is 10.1. The fourth-order valence-corrected chi connectivity index (χ4v) is 1.75. The minimum atomic E-state index is -2.95. The molecule has 2 rings (SSSR count). The van der Waals surface area contributed by atoms with Gasteiger partial charge < -0.3 is 0 Å². The third kappa shape index (κ3) is 2.26. The molecule has 1 heterocycles. The molecule has 2 aromatic rings. The van der Waals surface area contributed by atoms with Crippen molar-refractivity contribution in [1.29, 1.82) is 0 Å². The van der Waals surface area contributed by atoms with Crippen molar-refractivity contribution in [2.75, 3.05) is 0 Å². The summed E-state index contributed by atoms with van der Waals surface area (Å²) in [4.78, 5) is 15.4. The maximum atomic E-state index is 12.5. The Morgan fingerprint density at radius 2 is 1.89 bits per heavy atom. The zero-order chi connectivity index (χ0) is 13.3. The first-order chi connectivity index (χ1) is 8.50. The number of hydrogen-bond donors (Lipinski definition) is 0. The monoisotopic (exact) mass is 270 g/mol. The summed E-state index contributed by atoms with van der Waals surface area (Å²) in [5.74, 6) is 0. The van der Waals surface area contributed by atoms with Crippen LogP contribution in [0, 0.1) is 6.92 Å². The van der Waals surface area contributed by atoms with Gasteiger partial charge >= 0.3 is 6.55 Å². The van der Waals surface area contributed by atoms with E-state index in [2.05, 4.69) is 4.98 Å². The molecule has 1 aromatic carbocycles. The number of benzene rings is 1. The fraction of sp³-hybridized carbons (Fsp3) is 0.167. The molecule has 0 aliphatic heterocycles. The molecule has 3 nitrogen and oxygen atoms in total. The van der Waals surface area contributed by atoms with E-state index in [1.165, 1.54) is 0 Å². The number of nitrogens with zero attached hydrogens (tertiary/aromatic N) is 2. The molecule has 18 heavy (non-hydrogen) atoms. The number of aryl methyl sites for hydroxylation is 1. The van der Waals surface area contributed by atoms with Gasteiger partial charge in [0.05, 0.1) is 5.69 Å². The van der Waals surface area contributed by atoms with E-state index in [1.807, 2.05) is 19.1 Å². The van der Waals surface area contributed by atoms with E-state index in [4.69, 9.17) is 11.6 Å². The zero-order valence-corrected chi connectivity index (χ0v) is 10.2. The van der Waals surface area contributed by atoms with Gasteiger partial charge in [-0.3, -0.25) is 4.79 Å². The van der Waals surface area contributed by atoms with E-state index < -0.39 is 12.1 Å². The predicted octanol–water partition coefficient (Wildman–Crippen LogP) is 3.27. The second-order valence-corrected chi connectivity index (χ2v) is 4.14. The minimum absolute atomic E-state index is 0.194. The van der Waals surface area contributed by atoms with E-state index in [1.54, 1.807) is 12.1 Å². The summed E-state index contributed by atoms with van der Waals surface area (Å²) in [6.07, 6.45) is 0.800. The van der Waals surface area contributed by atoms with Gasteiger partial charge in [-0.05, 0) is 6.92 Å². The summed E-state index contributed by atoms with van der Waals surface area (Å²) in [7, 11) is 0. The number of halogens is 3. The molecular formula is C12H9ClF2N2O. The molecule has 1 aromatic heterocycles. The molecule has 0 saturated carbocycles. The Balaban J connectivity index is 2.57. The van der Waals surface area contributed by atoms with Crippen LogP contribution in [0.25, 0.3) is 11.3 Å². The number of aromatic nitrogens is 2. The van der Waals surface area contributed by atoms with Gasteiger partial charge in [-0.15, -0.1) is 0 Å². The molecule has 0 amide bonds. The highest BCUT2D eigenvalue weighted by atomic mass is 35.5. The van der Waals surface area contributed by atoms with Gasteiger partial charge in [0.25, 0.3) is 5.56 Å². The van der Waals surface area contributed by atoms with E-state index in [0.717, 1.165) is 11.9 Å². The van der Waals surface area contributed by atoms with Crippen LogP contribution in [0.4, 0.5) is 8.78 Å². The Hall–Kier alpha value is -1.75. The van der Waals surface area contributed by atoms with Gasteiger partial charge in [-0.25, -0.2) is 9.55 Å². The van der Waals surface area contributed by atoms with E-state index >= 15 is 0 Å². The summed E-state index contributed by atoms with van der Waals surface area (Å²) in [5.41, 5.74) is 0.913. The highest BCUT2D eigenvalue weighted by Gasteiger charge is 2.15. The van der Waals surface area contributed by atoms with E-state index in [9.17, 15) is 13.6 Å². The maximum Gasteiger partial charge on any atom is 0.322 e. The lowest BCUT2D eigenvalue weighted by Crippen LogP contribution is -2.22. The number of alkyl halides is 2. The Labute approximate surface area is 107 Å². The van der Waals surface area contributed by atoms with Crippen molar-refractivity contribution < 1.29 is 8.78 Å². The Kier molecular flexibility index (Phi) is 3.43. The highest BCUT2D eigenvalue weighted by Crippen LogP contribution is 2.23. The highest BCUT2D eigenvalue weighted by molar-refractivity contribution is 6.32. The van der Waals surface area contributed by atoms with Crippen LogP contribution in [0.3, 0.4) is 0 Å². The van der Waals surface area contributed by atoms with Crippen molar-refractivity contribution in [3.8, 4) is 11.3 Å². The van der Waals surface area contributed by atoms with Crippen molar-refractivity contribution in [1.82, 2.24) is 9.55 Å². The average Bonchev–Trinajstić information content (AvgIpc) is 2.33. The van der Waals surface area contributed by atoms with Crippen LogP contribution >= 0.6 is 11.6 Å². The molecule has 0 atom stereocenters. The predicted molar refractivity (Wildman–Crippen MR) is 64.9 cm³/mol. The van der Waals surface area contributed by atoms with Crippen molar-refractivity contribution in [3.05, 3.63) is 51.5 Å². The summed E-state index contributed by atoms with van der Waals surface area (Å²) in [6, 6.07) is 7.11. The molecule has 94 valence electrons. The molecule has 0 spiro atoms. The van der Waals surface area contributed by atoms with E-state index in [-0.39, 0.29) is 15.3 Å². The van der Waals surface area contributed by atoms with E-state index in [0.29, 0.717) is 5.56 Å². The van der Waals surface area contributed by atoms with Crippen LogP contribution in [-0.2, 0) is 0 Å². The normalized spacial score (nSPS) is 10.9. The molecule has 0 N–H and O–H groups in total. The third-order valence-electron chi connectivity index (χ3n) is 2.48. The SMILES string of the molecule is Cc1ccc(-c2ncn(C(F)F)c(=O)c2Cl)cc1. The van der Waals surface area contributed by atoms with Crippen LogP contribution in [0.5, 0.6) is 0 Å². The second-order valence-electron chi connectivity index (χ2n) is 3.76. The van der Waals surface area contributed by atoms with Crippen LogP contribution in [0.2, 0.25) is 5.02 Å². The van der Waals surface area contributed by atoms with Crippen LogP contribution < -0.4 is 5.56 Å². The summed E-state index contributed by atoms with van der Waals surface area (Å²) in [6.45, 7) is -1.04. The number of rotatable bonds is 2. The first kappa shape index (κ1) is 12.7. The first-order valence-electron chi connectivity index (χ1n) is 5.12. The molecule has 0 fully saturated rings. The largest absolute Gasteiger partial charge is 0.322 e. The molecule has 0 unspecified atom stereocenters. The standard InChI is InChI=1S/C12H9ClF2N2O/c1-7-2-4-8(5-3-7)10-9(13)11(18)17(6-16-10)12(14)15/h2-6,12H,1H3.